The van der Waals surface area contributed by atoms with Crippen LogP contribution in [-0.2, 0) is 9.53 Å². The van der Waals surface area contributed by atoms with Crippen molar-refractivity contribution >= 4 is 17.7 Å². The standard InChI is InChI=1S/C11H10N2O3/c14-10-6-9(7-16-10)13-11(15)12-8-4-2-1-3-5-8/h1-6H,7H2,(H2,12,13,15). The molecule has 0 atom stereocenters. The van der Waals surface area contributed by atoms with Crippen LogP contribution in [0.5, 0.6) is 0 Å². The second kappa shape index (κ2) is 4.48. The molecule has 82 valence electrons. The fourth-order valence-electron chi connectivity index (χ4n) is 1.28. The van der Waals surface area contributed by atoms with Gasteiger partial charge in [0.1, 0.15) is 6.61 Å². The van der Waals surface area contributed by atoms with Gasteiger partial charge in [-0.3, -0.25) is 0 Å². The SMILES string of the molecule is O=C(NC1=CC(=O)OC1)Nc1ccccc1. The van der Waals surface area contributed by atoms with Crippen molar-refractivity contribution in [3.63, 3.8) is 0 Å². The first-order chi connectivity index (χ1) is 7.74. The maximum Gasteiger partial charge on any atom is 0.333 e. The summed E-state index contributed by atoms with van der Waals surface area (Å²) < 4.78 is 4.64. The molecule has 1 aliphatic heterocycles. The molecule has 1 aromatic carbocycles. The Bertz CT molecular complexity index is 440. The van der Waals surface area contributed by atoms with E-state index >= 15 is 0 Å². The van der Waals surface area contributed by atoms with E-state index in [1.54, 1.807) is 12.1 Å². The van der Waals surface area contributed by atoms with Gasteiger partial charge in [-0.15, -0.1) is 0 Å². The van der Waals surface area contributed by atoms with Crippen molar-refractivity contribution in [3.05, 3.63) is 42.1 Å². The highest BCUT2D eigenvalue weighted by Gasteiger charge is 2.14. The number of hydrogen-bond acceptors (Lipinski definition) is 3. The van der Waals surface area contributed by atoms with Crippen LogP contribution in [0.1, 0.15) is 0 Å². The Balaban J connectivity index is 1.90. The molecule has 0 saturated heterocycles. The number of esters is 1. The summed E-state index contributed by atoms with van der Waals surface area (Å²) in [7, 11) is 0. The van der Waals surface area contributed by atoms with Gasteiger partial charge in [-0.25, -0.2) is 9.59 Å². The number of cyclic esters (lactones) is 1. The number of urea groups is 1. The van der Waals surface area contributed by atoms with E-state index in [1.165, 1.54) is 6.08 Å². The van der Waals surface area contributed by atoms with Crippen LogP contribution < -0.4 is 10.6 Å². The zero-order valence-corrected chi connectivity index (χ0v) is 8.40. The summed E-state index contributed by atoms with van der Waals surface area (Å²) in [4.78, 5) is 22.2. The number of nitrogens with one attached hydrogen (secondary N) is 2. The van der Waals surface area contributed by atoms with Crippen LogP contribution in [0.25, 0.3) is 0 Å². The molecule has 2 amide bonds. The third-order valence-corrected chi connectivity index (χ3v) is 1.97. The Morgan fingerprint density at radius 1 is 1.19 bits per heavy atom. The highest BCUT2D eigenvalue weighted by Crippen LogP contribution is 2.06. The highest BCUT2D eigenvalue weighted by molar-refractivity contribution is 5.92. The lowest BCUT2D eigenvalue weighted by molar-refractivity contribution is -0.134. The van der Waals surface area contributed by atoms with Gasteiger partial charge in [0.15, 0.2) is 0 Å². The summed E-state index contributed by atoms with van der Waals surface area (Å²) in [6.07, 6.45) is 1.25. The van der Waals surface area contributed by atoms with Crippen LogP contribution in [0.2, 0.25) is 0 Å². The number of ether oxygens (including phenoxy) is 1. The smallest absolute Gasteiger partial charge is 0.333 e. The molecule has 1 aromatic rings. The largest absolute Gasteiger partial charge is 0.456 e. The number of amides is 2. The van der Waals surface area contributed by atoms with Crippen molar-refractivity contribution in [2.45, 2.75) is 0 Å². The molecule has 5 heteroatoms. The summed E-state index contributed by atoms with van der Waals surface area (Å²) in [5.74, 6) is -0.435. The second-order valence-corrected chi connectivity index (χ2v) is 3.22. The van der Waals surface area contributed by atoms with E-state index in [1.807, 2.05) is 18.2 Å². The molecule has 16 heavy (non-hydrogen) atoms. The van der Waals surface area contributed by atoms with Crippen LogP contribution in [-0.4, -0.2) is 18.6 Å². The molecule has 0 spiro atoms. The maximum atomic E-state index is 11.4. The van der Waals surface area contributed by atoms with Gasteiger partial charge < -0.3 is 15.4 Å². The van der Waals surface area contributed by atoms with E-state index in [9.17, 15) is 9.59 Å². The van der Waals surface area contributed by atoms with Crippen molar-refractivity contribution < 1.29 is 14.3 Å². The van der Waals surface area contributed by atoms with Crippen LogP contribution in [0, 0.1) is 0 Å². The van der Waals surface area contributed by atoms with Gasteiger partial charge in [0.25, 0.3) is 0 Å². The first-order valence-corrected chi connectivity index (χ1v) is 4.74. The molecule has 0 fully saturated rings. The summed E-state index contributed by atoms with van der Waals surface area (Å²) >= 11 is 0. The third-order valence-electron chi connectivity index (χ3n) is 1.97. The Labute approximate surface area is 92.1 Å². The first kappa shape index (κ1) is 10.2. The lowest BCUT2D eigenvalue weighted by Crippen LogP contribution is -2.28. The van der Waals surface area contributed by atoms with Crippen molar-refractivity contribution in [1.29, 1.82) is 0 Å². The molecule has 0 saturated carbocycles. The molecule has 0 radical (unpaired) electrons. The lowest BCUT2D eigenvalue weighted by Gasteiger charge is -2.06. The Morgan fingerprint density at radius 2 is 1.94 bits per heavy atom. The Kier molecular flexibility index (Phi) is 2.86. The minimum atomic E-state index is -0.435. The second-order valence-electron chi connectivity index (χ2n) is 3.22. The van der Waals surface area contributed by atoms with Gasteiger partial charge in [-0.1, -0.05) is 18.2 Å². The summed E-state index contributed by atoms with van der Waals surface area (Å²) in [6, 6.07) is 8.63. The van der Waals surface area contributed by atoms with Gasteiger partial charge in [-0.05, 0) is 12.1 Å². The number of benzene rings is 1. The van der Waals surface area contributed by atoms with Crippen molar-refractivity contribution in [1.82, 2.24) is 5.32 Å². The Morgan fingerprint density at radius 3 is 2.56 bits per heavy atom. The van der Waals surface area contributed by atoms with E-state index < -0.39 is 12.0 Å². The third kappa shape index (κ3) is 2.60. The molecule has 2 N–H and O–H groups in total. The highest BCUT2D eigenvalue weighted by atomic mass is 16.5. The maximum absolute atomic E-state index is 11.4. The van der Waals surface area contributed by atoms with E-state index in [4.69, 9.17) is 0 Å². The molecule has 0 aliphatic carbocycles. The quantitative estimate of drug-likeness (QED) is 0.734. The normalized spacial score (nSPS) is 14.0. The lowest BCUT2D eigenvalue weighted by atomic mass is 10.3. The van der Waals surface area contributed by atoms with E-state index in [0.717, 1.165) is 0 Å². The fourth-order valence-corrected chi connectivity index (χ4v) is 1.28. The Hall–Kier alpha value is -2.30. The predicted molar refractivity (Wildman–Crippen MR) is 57.6 cm³/mol. The van der Waals surface area contributed by atoms with Gasteiger partial charge in [0, 0.05) is 11.8 Å². The van der Waals surface area contributed by atoms with E-state index in [2.05, 4.69) is 15.4 Å². The minimum Gasteiger partial charge on any atom is -0.456 e. The van der Waals surface area contributed by atoms with Crippen molar-refractivity contribution in [3.8, 4) is 0 Å². The summed E-state index contributed by atoms with van der Waals surface area (Å²) in [6.45, 7) is 0.112. The van der Waals surface area contributed by atoms with Crippen LogP contribution in [0.4, 0.5) is 10.5 Å². The molecule has 1 aliphatic rings. The van der Waals surface area contributed by atoms with Gasteiger partial charge in [0.2, 0.25) is 0 Å². The van der Waals surface area contributed by atoms with Gasteiger partial charge in [0.05, 0.1) is 5.70 Å². The topological polar surface area (TPSA) is 67.4 Å². The molecule has 0 aromatic heterocycles. The zero-order chi connectivity index (χ0) is 11.4. The number of rotatable bonds is 2. The van der Waals surface area contributed by atoms with Crippen LogP contribution in [0.3, 0.4) is 0 Å². The molecule has 1 heterocycles. The number of carbonyl (C=O) groups is 2. The van der Waals surface area contributed by atoms with Gasteiger partial charge >= 0.3 is 12.0 Å². The molecular formula is C11H10N2O3. The van der Waals surface area contributed by atoms with E-state index in [-0.39, 0.29) is 6.61 Å². The average Bonchev–Trinajstić information content (AvgIpc) is 2.65. The monoisotopic (exact) mass is 218 g/mol. The molecular weight excluding hydrogens is 208 g/mol. The number of hydrogen-bond donors (Lipinski definition) is 2. The number of anilines is 1. The summed E-state index contributed by atoms with van der Waals surface area (Å²) in [5.41, 5.74) is 1.14. The zero-order valence-electron chi connectivity index (χ0n) is 8.40. The average molecular weight is 218 g/mol. The van der Waals surface area contributed by atoms with Crippen molar-refractivity contribution in [2.75, 3.05) is 11.9 Å². The first-order valence-electron chi connectivity index (χ1n) is 4.74. The number of para-hydroxylation sites is 1. The minimum absolute atomic E-state index is 0.112. The van der Waals surface area contributed by atoms with Crippen LogP contribution >= 0.6 is 0 Å². The summed E-state index contributed by atoms with van der Waals surface area (Å²) in [5, 5.41) is 5.15. The molecule has 2 rings (SSSR count). The van der Waals surface area contributed by atoms with E-state index in [0.29, 0.717) is 11.4 Å². The molecule has 0 bridgehead atoms. The van der Waals surface area contributed by atoms with Crippen LogP contribution in [0.15, 0.2) is 42.1 Å². The van der Waals surface area contributed by atoms with Gasteiger partial charge in [-0.2, -0.15) is 0 Å². The molecule has 0 unspecified atom stereocenters. The molecule has 5 nitrogen and oxygen atoms in total. The fraction of sp³-hybridized carbons (Fsp3) is 0.0909. The number of carbonyl (C=O) groups excluding carboxylic acids is 2. The van der Waals surface area contributed by atoms with Crippen molar-refractivity contribution in [2.24, 2.45) is 0 Å². The predicted octanol–water partition coefficient (Wildman–Crippen LogP) is 1.25.